The van der Waals surface area contributed by atoms with E-state index < -0.39 is 5.97 Å². The molecule has 0 saturated carbocycles. The first kappa shape index (κ1) is 9.22. The first-order chi connectivity index (χ1) is 5.79. The van der Waals surface area contributed by atoms with Crippen LogP contribution in [-0.2, 0) is 11.3 Å². The fraction of sp³-hybridized carbons (Fsp3) is 0.375. The smallest absolute Gasteiger partial charge is 0.304 e. The third kappa shape index (κ3) is 3.50. The zero-order chi connectivity index (χ0) is 8.81. The van der Waals surface area contributed by atoms with Gasteiger partial charge in [-0.15, -0.1) is 11.3 Å². The van der Waals surface area contributed by atoms with Crippen molar-refractivity contribution >= 4 is 17.3 Å². The van der Waals surface area contributed by atoms with E-state index in [2.05, 4.69) is 5.32 Å². The van der Waals surface area contributed by atoms with E-state index in [-0.39, 0.29) is 6.42 Å². The van der Waals surface area contributed by atoms with Gasteiger partial charge in [-0.05, 0) is 11.4 Å². The number of carboxylic acid groups (broad SMARTS) is 1. The molecular formula is C8H11NO2S. The van der Waals surface area contributed by atoms with E-state index in [4.69, 9.17) is 5.11 Å². The van der Waals surface area contributed by atoms with Gasteiger partial charge in [-0.25, -0.2) is 0 Å². The van der Waals surface area contributed by atoms with E-state index in [0.29, 0.717) is 6.54 Å². The molecule has 0 amide bonds. The van der Waals surface area contributed by atoms with Gasteiger partial charge in [0.1, 0.15) is 0 Å². The van der Waals surface area contributed by atoms with E-state index >= 15 is 0 Å². The number of hydrogen-bond acceptors (Lipinski definition) is 3. The minimum absolute atomic E-state index is 0.186. The lowest BCUT2D eigenvalue weighted by Crippen LogP contribution is -2.16. The Labute approximate surface area is 75.0 Å². The molecule has 3 nitrogen and oxygen atoms in total. The van der Waals surface area contributed by atoms with Crippen LogP contribution in [0.4, 0.5) is 0 Å². The molecular weight excluding hydrogens is 174 g/mol. The summed E-state index contributed by atoms with van der Waals surface area (Å²) in [4.78, 5) is 11.4. The summed E-state index contributed by atoms with van der Waals surface area (Å²) < 4.78 is 0. The average molecular weight is 185 g/mol. The molecule has 0 aromatic carbocycles. The molecule has 12 heavy (non-hydrogen) atoms. The fourth-order valence-electron chi connectivity index (χ4n) is 0.820. The van der Waals surface area contributed by atoms with Crippen LogP contribution in [0.5, 0.6) is 0 Å². The third-order valence-corrected chi connectivity index (χ3v) is 2.27. The summed E-state index contributed by atoms with van der Waals surface area (Å²) in [6, 6.07) is 4.01. The molecule has 1 aromatic heterocycles. The Morgan fingerprint density at radius 1 is 1.67 bits per heavy atom. The summed E-state index contributed by atoms with van der Waals surface area (Å²) >= 11 is 1.67. The average Bonchev–Trinajstić information content (AvgIpc) is 2.49. The van der Waals surface area contributed by atoms with Crippen molar-refractivity contribution in [2.75, 3.05) is 6.54 Å². The normalized spacial score (nSPS) is 10.0. The Morgan fingerprint density at radius 2 is 2.50 bits per heavy atom. The Hall–Kier alpha value is -0.870. The van der Waals surface area contributed by atoms with Crippen LogP contribution < -0.4 is 5.32 Å². The van der Waals surface area contributed by atoms with Crippen molar-refractivity contribution < 1.29 is 9.90 Å². The van der Waals surface area contributed by atoms with Crippen LogP contribution in [0.15, 0.2) is 17.5 Å². The second-order valence-corrected chi connectivity index (χ2v) is 3.43. The topological polar surface area (TPSA) is 49.3 Å². The first-order valence-corrected chi connectivity index (χ1v) is 4.62. The lowest BCUT2D eigenvalue weighted by atomic mass is 10.4. The maximum absolute atomic E-state index is 10.1. The highest BCUT2D eigenvalue weighted by Crippen LogP contribution is 2.06. The van der Waals surface area contributed by atoms with Crippen molar-refractivity contribution in [1.29, 1.82) is 0 Å². The van der Waals surface area contributed by atoms with Gasteiger partial charge in [0, 0.05) is 18.0 Å². The number of hydrogen-bond donors (Lipinski definition) is 2. The standard InChI is InChI=1S/C8H11NO2S/c10-8(11)3-4-9-6-7-2-1-5-12-7/h1-2,5,9H,3-4,6H2,(H,10,11). The minimum Gasteiger partial charge on any atom is -0.481 e. The molecule has 0 saturated heterocycles. The molecule has 0 aliphatic carbocycles. The van der Waals surface area contributed by atoms with Crippen LogP contribution >= 0.6 is 11.3 Å². The molecule has 0 radical (unpaired) electrons. The second-order valence-electron chi connectivity index (χ2n) is 2.40. The van der Waals surface area contributed by atoms with Crippen molar-refractivity contribution in [3.63, 3.8) is 0 Å². The molecule has 4 heteroatoms. The summed E-state index contributed by atoms with van der Waals surface area (Å²) in [5.41, 5.74) is 0. The van der Waals surface area contributed by atoms with Crippen molar-refractivity contribution in [2.45, 2.75) is 13.0 Å². The lowest BCUT2D eigenvalue weighted by molar-refractivity contribution is -0.136. The van der Waals surface area contributed by atoms with Gasteiger partial charge in [0.2, 0.25) is 0 Å². The van der Waals surface area contributed by atoms with Gasteiger partial charge in [-0.1, -0.05) is 6.07 Å². The van der Waals surface area contributed by atoms with Crippen molar-refractivity contribution in [2.24, 2.45) is 0 Å². The van der Waals surface area contributed by atoms with Gasteiger partial charge >= 0.3 is 5.97 Å². The molecule has 1 aromatic rings. The maximum atomic E-state index is 10.1. The zero-order valence-corrected chi connectivity index (χ0v) is 7.43. The second kappa shape index (κ2) is 4.90. The van der Waals surface area contributed by atoms with Crippen LogP contribution in [-0.4, -0.2) is 17.6 Å². The molecule has 0 spiro atoms. The fourth-order valence-corrected chi connectivity index (χ4v) is 1.49. The predicted octanol–water partition coefficient (Wildman–Crippen LogP) is 1.31. The molecule has 0 aliphatic rings. The molecule has 0 unspecified atom stereocenters. The van der Waals surface area contributed by atoms with Gasteiger partial charge < -0.3 is 10.4 Å². The van der Waals surface area contributed by atoms with E-state index in [1.165, 1.54) is 4.88 Å². The van der Waals surface area contributed by atoms with Crippen LogP contribution in [0.2, 0.25) is 0 Å². The Kier molecular flexibility index (Phi) is 3.76. The quantitative estimate of drug-likeness (QED) is 0.680. The highest BCUT2D eigenvalue weighted by atomic mass is 32.1. The van der Waals surface area contributed by atoms with Crippen LogP contribution in [0.3, 0.4) is 0 Å². The predicted molar refractivity (Wildman–Crippen MR) is 48.3 cm³/mol. The molecule has 66 valence electrons. The van der Waals surface area contributed by atoms with E-state index in [1.54, 1.807) is 11.3 Å². The largest absolute Gasteiger partial charge is 0.481 e. The molecule has 0 fully saturated rings. The highest BCUT2D eigenvalue weighted by Gasteiger charge is 1.96. The number of rotatable bonds is 5. The Bertz CT molecular complexity index is 233. The molecule has 2 N–H and O–H groups in total. The zero-order valence-electron chi connectivity index (χ0n) is 6.62. The van der Waals surface area contributed by atoms with Gasteiger partial charge in [0.15, 0.2) is 0 Å². The van der Waals surface area contributed by atoms with Gasteiger partial charge in [-0.3, -0.25) is 4.79 Å². The Balaban J connectivity index is 2.07. The summed E-state index contributed by atoms with van der Waals surface area (Å²) in [7, 11) is 0. The maximum Gasteiger partial charge on any atom is 0.304 e. The molecule has 1 heterocycles. The first-order valence-electron chi connectivity index (χ1n) is 3.74. The van der Waals surface area contributed by atoms with Crippen LogP contribution in [0.1, 0.15) is 11.3 Å². The SMILES string of the molecule is O=C(O)CCNCc1cccs1. The van der Waals surface area contributed by atoms with Crippen molar-refractivity contribution in [1.82, 2.24) is 5.32 Å². The highest BCUT2D eigenvalue weighted by molar-refractivity contribution is 7.09. The summed E-state index contributed by atoms with van der Waals surface area (Å²) in [5.74, 6) is -0.756. The number of carboxylic acids is 1. The molecule has 0 aliphatic heterocycles. The van der Waals surface area contributed by atoms with Gasteiger partial charge in [-0.2, -0.15) is 0 Å². The van der Waals surface area contributed by atoms with Gasteiger partial charge in [0.05, 0.1) is 6.42 Å². The van der Waals surface area contributed by atoms with Gasteiger partial charge in [0.25, 0.3) is 0 Å². The number of carbonyl (C=O) groups is 1. The Morgan fingerprint density at radius 3 is 3.08 bits per heavy atom. The number of aliphatic carboxylic acids is 1. The van der Waals surface area contributed by atoms with Crippen LogP contribution in [0.25, 0.3) is 0 Å². The van der Waals surface area contributed by atoms with Crippen LogP contribution in [0, 0.1) is 0 Å². The summed E-state index contributed by atoms with van der Waals surface area (Å²) in [5, 5.41) is 13.4. The van der Waals surface area contributed by atoms with E-state index in [0.717, 1.165) is 6.54 Å². The van der Waals surface area contributed by atoms with Crippen molar-refractivity contribution in [3.8, 4) is 0 Å². The number of thiophene rings is 1. The monoisotopic (exact) mass is 185 g/mol. The lowest BCUT2D eigenvalue weighted by Gasteiger charge is -1.98. The van der Waals surface area contributed by atoms with Crippen molar-refractivity contribution in [3.05, 3.63) is 22.4 Å². The van der Waals surface area contributed by atoms with E-state index in [9.17, 15) is 4.79 Å². The van der Waals surface area contributed by atoms with E-state index in [1.807, 2.05) is 17.5 Å². The summed E-state index contributed by atoms with van der Waals surface area (Å²) in [6.45, 7) is 1.30. The molecule has 0 atom stereocenters. The molecule has 0 bridgehead atoms. The third-order valence-electron chi connectivity index (χ3n) is 1.39. The molecule has 1 rings (SSSR count). The number of nitrogens with one attached hydrogen (secondary N) is 1. The minimum atomic E-state index is -0.756. The summed E-state index contributed by atoms with van der Waals surface area (Å²) in [6.07, 6.45) is 0.186.